The number of quaternary nitrogens is 1. The van der Waals surface area contributed by atoms with Crippen molar-refractivity contribution in [2.75, 3.05) is 46.1 Å². The zero-order chi connectivity index (χ0) is 16.8. The number of nitrogens with one attached hydrogen (secondary N) is 1. The molecule has 0 aliphatic carbocycles. The molecule has 1 aromatic carbocycles. The molecule has 1 aromatic rings. The van der Waals surface area contributed by atoms with Crippen LogP contribution in [0.1, 0.15) is 0 Å². The van der Waals surface area contributed by atoms with Crippen LogP contribution >= 0.6 is 15.9 Å². The van der Waals surface area contributed by atoms with E-state index in [1.165, 1.54) is 0 Å². The molecule has 0 radical (unpaired) electrons. The fraction of sp³-hybridized carbons (Fsp3) is 0.500. The van der Waals surface area contributed by atoms with Gasteiger partial charge in [-0.2, -0.15) is 0 Å². The predicted octanol–water partition coefficient (Wildman–Crippen LogP) is -2.57. The number of aliphatic hydroxyl groups excluding tert-OH is 3. The first-order valence-corrected chi connectivity index (χ1v) is 7.57. The molecule has 0 aliphatic heterocycles. The number of carbonyl (C=O) groups excluding carboxylic acids is 1. The lowest BCUT2D eigenvalue weighted by molar-refractivity contribution is -0.901. The normalized spacial score (nSPS) is 10.0. The predicted molar refractivity (Wildman–Crippen MR) is 81.5 cm³/mol. The van der Waals surface area contributed by atoms with Crippen LogP contribution < -0.4 is 14.7 Å². The van der Waals surface area contributed by atoms with Crippen LogP contribution in [0.2, 0.25) is 0 Å². The molecule has 22 heavy (non-hydrogen) atoms. The van der Waals surface area contributed by atoms with Gasteiger partial charge in [-0.05, 0) is 28.1 Å². The summed E-state index contributed by atoms with van der Waals surface area (Å²) in [6.45, 7) is 1.69. The standard InChI is InChI=1S/C8H7BrO3.C6H15NO3/c9-6-3-1-2-4-7(6)12-5-8(10)11;8-4-1-7(2-5-9)3-6-10/h1-4H,5H2,(H,10,11);8-10H,1-6H2. The van der Waals surface area contributed by atoms with E-state index in [1.54, 1.807) is 18.2 Å². The average molecular weight is 380 g/mol. The Labute approximate surface area is 137 Å². The molecule has 0 atom stereocenters. The maximum Gasteiger partial charge on any atom is 0.134 e. The third-order valence-electron chi connectivity index (χ3n) is 2.58. The first kappa shape index (κ1) is 20.8. The van der Waals surface area contributed by atoms with Crippen LogP contribution in [-0.4, -0.2) is 67.4 Å². The van der Waals surface area contributed by atoms with Crippen molar-refractivity contribution in [1.29, 1.82) is 0 Å². The summed E-state index contributed by atoms with van der Waals surface area (Å²) < 4.78 is 5.62. The molecule has 4 N–H and O–H groups in total. The van der Waals surface area contributed by atoms with Gasteiger partial charge in [-0.1, -0.05) is 12.1 Å². The molecule has 0 saturated carbocycles. The molecule has 1 rings (SSSR count). The highest BCUT2D eigenvalue weighted by molar-refractivity contribution is 9.10. The van der Waals surface area contributed by atoms with Gasteiger partial charge in [-0.25, -0.2) is 0 Å². The number of ether oxygens (including phenoxy) is 1. The minimum absolute atomic E-state index is 0.106. The Morgan fingerprint density at radius 2 is 1.59 bits per heavy atom. The third-order valence-corrected chi connectivity index (χ3v) is 3.23. The molecular weight excluding hydrogens is 358 g/mol. The summed E-state index contributed by atoms with van der Waals surface area (Å²) in [6, 6.07) is 7.02. The summed E-state index contributed by atoms with van der Waals surface area (Å²) in [7, 11) is 0. The Bertz CT molecular complexity index is 404. The van der Waals surface area contributed by atoms with Crippen molar-refractivity contribution in [2.45, 2.75) is 0 Å². The lowest BCUT2D eigenvalue weighted by Crippen LogP contribution is -3.13. The summed E-state index contributed by atoms with van der Waals surface area (Å²) in [5.41, 5.74) is 0. The molecule has 0 aromatic heterocycles. The van der Waals surface area contributed by atoms with Crippen molar-refractivity contribution in [2.24, 2.45) is 0 Å². The molecule has 0 unspecified atom stereocenters. The number of carbonyl (C=O) groups is 1. The van der Waals surface area contributed by atoms with Crippen LogP contribution in [0.25, 0.3) is 0 Å². The van der Waals surface area contributed by atoms with Crippen molar-refractivity contribution < 1.29 is 34.9 Å². The molecule has 126 valence electrons. The first-order chi connectivity index (χ1) is 10.5. The Morgan fingerprint density at radius 3 is 2.00 bits per heavy atom. The second-order valence-electron chi connectivity index (χ2n) is 4.26. The second kappa shape index (κ2) is 13.5. The van der Waals surface area contributed by atoms with Crippen LogP contribution in [-0.2, 0) is 4.79 Å². The van der Waals surface area contributed by atoms with E-state index >= 15 is 0 Å². The van der Waals surface area contributed by atoms with Crippen molar-refractivity contribution in [3.63, 3.8) is 0 Å². The monoisotopic (exact) mass is 379 g/mol. The maximum absolute atomic E-state index is 10.0. The van der Waals surface area contributed by atoms with Gasteiger partial charge >= 0.3 is 0 Å². The van der Waals surface area contributed by atoms with Crippen LogP contribution in [0, 0.1) is 0 Å². The van der Waals surface area contributed by atoms with Gasteiger partial charge < -0.3 is 34.9 Å². The number of carboxylic acid groups (broad SMARTS) is 1. The molecule has 0 amide bonds. The Morgan fingerprint density at radius 1 is 1.09 bits per heavy atom. The fourth-order valence-corrected chi connectivity index (χ4v) is 1.95. The smallest absolute Gasteiger partial charge is 0.134 e. The first-order valence-electron chi connectivity index (χ1n) is 6.78. The molecular formula is C14H22BrNO6. The topological polar surface area (TPSA) is 114 Å². The van der Waals surface area contributed by atoms with E-state index in [0.717, 1.165) is 9.37 Å². The molecule has 8 heteroatoms. The van der Waals surface area contributed by atoms with Crippen molar-refractivity contribution >= 4 is 21.9 Å². The highest BCUT2D eigenvalue weighted by atomic mass is 79.9. The number of rotatable bonds is 9. The van der Waals surface area contributed by atoms with E-state index in [4.69, 9.17) is 20.1 Å². The van der Waals surface area contributed by atoms with Crippen LogP contribution in [0.15, 0.2) is 28.7 Å². The molecule has 0 aliphatic rings. The highest BCUT2D eigenvalue weighted by Gasteiger charge is 2.04. The lowest BCUT2D eigenvalue weighted by Gasteiger charge is -2.15. The molecule has 0 fully saturated rings. The number of hydrogen-bond acceptors (Lipinski definition) is 6. The zero-order valence-electron chi connectivity index (χ0n) is 12.2. The van der Waals surface area contributed by atoms with E-state index in [2.05, 4.69) is 15.9 Å². The quantitative estimate of drug-likeness (QED) is 0.374. The second-order valence-corrected chi connectivity index (χ2v) is 5.12. The minimum Gasteiger partial charge on any atom is -0.546 e. The minimum atomic E-state index is -1.23. The van der Waals surface area contributed by atoms with E-state index in [0.29, 0.717) is 25.4 Å². The van der Waals surface area contributed by atoms with E-state index in [9.17, 15) is 9.90 Å². The Balaban J connectivity index is 0.000000409. The SMILES string of the molecule is O=C([O-])COc1ccccc1Br.OCC[NH+](CCO)CCO. The van der Waals surface area contributed by atoms with Crippen molar-refractivity contribution in [3.8, 4) is 5.75 Å². The molecule has 0 bridgehead atoms. The molecule has 7 nitrogen and oxygen atoms in total. The van der Waals surface area contributed by atoms with Gasteiger partial charge in [0.05, 0.1) is 30.3 Å². The van der Waals surface area contributed by atoms with Gasteiger partial charge in [0.15, 0.2) is 0 Å². The maximum atomic E-state index is 10.0. The van der Waals surface area contributed by atoms with Crippen LogP contribution in [0.3, 0.4) is 0 Å². The van der Waals surface area contributed by atoms with Crippen molar-refractivity contribution in [1.82, 2.24) is 0 Å². The number of halogens is 1. The largest absolute Gasteiger partial charge is 0.546 e. The number of benzene rings is 1. The zero-order valence-corrected chi connectivity index (χ0v) is 13.8. The molecule has 0 heterocycles. The van der Waals surface area contributed by atoms with E-state index in [1.807, 2.05) is 6.07 Å². The van der Waals surface area contributed by atoms with Gasteiger partial charge in [0, 0.05) is 0 Å². The summed E-state index contributed by atoms with van der Waals surface area (Å²) >= 11 is 3.21. The lowest BCUT2D eigenvalue weighted by atomic mass is 10.3. The average Bonchev–Trinajstić information content (AvgIpc) is 2.48. The third kappa shape index (κ3) is 10.5. The Kier molecular flexibility index (Phi) is 12.7. The summed E-state index contributed by atoms with van der Waals surface area (Å²) in [6.07, 6.45) is 0. The van der Waals surface area contributed by atoms with Gasteiger partial charge in [-0.3, -0.25) is 0 Å². The summed E-state index contributed by atoms with van der Waals surface area (Å²) in [5.74, 6) is -0.729. The van der Waals surface area contributed by atoms with Crippen LogP contribution in [0.4, 0.5) is 0 Å². The van der Waals surface area contributed by atoms with E-state index < -0.39 is 12.6 Å². The summed E-state index contributed by atoms with van der Waals surface area (Å²) in [5, 5.41) is 35.6. The number of aliphatic carboxylic acids is 1. The van der Waals surface area contributed by atoms with Crippen molar-refractivity contribution in [3.05, 3.63) is 28.7 Å². The van der Waals surface area contributed by atoms with Gasteiger partial charge in [-0.15, -0.1) is 0 Å². The van der Waals surface area contributed by atoms with Gasteiger partial charge in [0.2, 0.25) is 0 Å². The molecule has 0 spiro atoms. The van der Waals surface area contributed by atoms with Crippen LogP contribution in [0.5, 0.6) is 5.75 Å². The number of carboxylic acids is 1. The molecule has 0 saturated heterocycles. The van der Waals surface area contributed by atoms with E-state index in [-0.39, 0.29) is 19.8 Å². The van der Waals surface area contributed by atoms with Gasteiger partial charge in [0.1, 0.15) is 32.0 Å². The number of para-hydroxylation sites is 1. The number of hydrogen-bond donors (Lipinski definition) is 4. The number of aliphatic hydroxyl groups is 3. The highest BCUT2D eigenvalue weighted by Crippen LogP contribution is 2.23. The van der Waals surface area contributed by atoms with Gasteiger partial charge in [0.25, 0.3) is 0 Å². The Hall–Kier alpha value is -1.19. The summed E-state index contributed by atoms with van der Waals surface area (Å²) in [4.78, 5) is 11.1. The fourth-order valence-electron chi connectivity index (χ4n) is 1.55.